The Morgan fingerprint density at radius 3 is 2.60 bits per heavy atom. The van der Waals surface area contributed by atoms with E-state index in [0.29, 0.717) is 42.0 Å². The fourth-order valence-electron chi connectivity index (χ4n) is 4.83. The summed E-state index contributed by atoms with van der Waals surface area (Å²) in [5, 5.41) is 3.21. The van der Waals surface area contributed by atoms with Gasteiger partial charge in [-0.1, -0.05) is 23.7 Å². The SMILES string of the molecule is O=C(NCc1ccnc(Cl)c1)n1c2c(c3c(OC(F)(F)F)cccc31)CN(C/C=C/c1ccc(C(F)(F)F)cn1)CC2. The molecule has 4 heterocycles. The van der Waals surface area contributed by atoms with E-state index in [0.717, 1.165) is 12.3 Å². The smallest absolute Gasteiger partial charge is 0.405 e. The van der Waals surface area contributed by atoms with Gasteiger partial charge in [-0.05, 0) is 53.6 Å². The van der Waals surface area contributed by atoms with Gasteiger partial charge in [0.15, 0.2) is 0 Å². The van der Waals surface area contributed by atoms with Crippen LogP contribution in [-0.4, -0.2) is 44.9 Å². The highest BCUT2D eigenvalue weighted by molar-refractivity contribution is 6.29. The van der Waals surface area contributed by atoms with Gasteiger partial charge in [0.25, 0.3) is 0 Å². The lowest BCUT2D eigenvalue weighted by atomic mass is 10.0. The monoisotopic (exact) mass is 609 g/mol. The Bertz CT molecular complexity index is 1630. The van der Waals surface area contributed by atoms with Crippen LogP contribution in [0.5, 0.6) is 5.75 Å². The van der Waals surface area contributed by atoms with E-state index in [2.05, 4.69) is 20.0 Å². The first-order chi connectivity index (χ1) is 19.9. The van der Waals surface area contributed by atoms with Crippen LogP contribution in [0.15, 0.2) is 60.9 Å². The Labute approximate surface area is 240 Å². The quantitative estimate of drug-likeness (QED) is 0.192. The summed E-state index contributed by atoms with van der Waals surface area (Å²) in [5.74, 6) is -0.421. The Balaban J connectivity index is 1.41. The maximum atomic E-state index is 13.4. The van der Waals surface area contributed by atoms with Gasteiger partial charge in [-0.3, -0.25) is 14.5 Å². The van der Waals surface area contributed by atoms with Crippen LogP contribution in [0.3, 0.4) is 0 Å². The number of fused-ring (bicyclic) bond motifs is 3. The van der Waals surface area contributed by atoms with E-state index >= 15 is 0 Å². The number of nitrogens with one attached hydrogen (secondary N) is 1. The van der Waals surface area contributed by atoms with Gasteiger partial charge in [-0.25, -0.2) is 9.78 Å². The summed E-state index contributed by atoms with van der Waals surface area (Å²) in [7, 11) is 0. The molecule has 0 bridgehead atoms. The fourth-order valence-corrected chi connectivity index (χ4v) is 5.03. The number of amides is 1. The Morgan fingerprint density at radius 2 is 1.90 bits per heavy atom. The van der Waals surface area contributed by atoms with Crippen molar-refractivity contribution < 1.29 is 35.9 Å². The lowest BCUT2D eigenvalue weighted by molar-refractivity contribution is -0.274. The second kappa shape index (κ2) is 11.6. The summed E-state index contributed by atoms with van der Waals surface area (Å²) in [4.78, 5) is 23.0. The Kier molecular flexibility index (Phi) is 8.15. The second-order valence-corrected chi connectivity index (χ2v) is 9.85. The van der Waals surface area contributed by atoms with Gasteiger partial charge < -0.3 is 10.1 Å². The summed E-state index contributed by atoms with van der Waals surface area (Å²) in [6.07, 6.45) is -3.58. The molecule has 0 spiro atoms. The molecule has 0 radical (unpaired) electrons. The summed E-state index contributed by atoms with van der Waals surface area (Å²) in [6.45, 7) is 1.13. The lowest BCUT2D eigenvalue weighted by Gasteiger charge is -2.27. The van der Waals surface area contributed by atoms with Crippen LogP contribution < -0.4 is 10.1 Å². The molecule has 1 aliphatic heterocycles. The van der Waals surface area contributed by atoms with Crippen LogP contribution in [0.1, 0.15) is 28.1 Å². The summed E-state index contributed by atoms with van der Waals surface area (Å²) in [6, 6.07) is 9.07. The Morgan fingerprint density at radius 1 is 1.10 bits per heavy atom. The van der Waals surface area contributed by atoms with E-state index in [9.17, 15) is 31.1 Å². The molecule has 0 fully saturated rings. The van der Waals surface area contributed by atoms with Crippen LogP contribution in [0.25, 0.3) is 17.0 Å². The molecular weight excluding hydrogens is 588 g/mol. The van der Waals surface area contributed by atoms with Crippen molar-refractivity contribution in [2.24, 2.45) is 0 Å². The molecule has 0 unspecified atom stereocenters. The molecule has 42 heavy (non-hydrogen) atoms. The number of hydrogen-bond donors (Lipinski definition) is 1. The number of carbonyl (C=O) groups is 1. The number of halogens is 7. The van der Waals surface area contributed by atoms with Crippen LogP contribution in [-0.2, 0) is 25.7 Å². The van der Waals surface area contributed by atoms with Crippen LogP contribution in [0.4, 0.5) is 31.1 Å². The normalized spacial score (nSPS) is 14.4. The van der Waals surface area contributed by atoms with Gasteiger partial charge in [-0.15, -0.1) is 13.2 Å². The number of aromatic nitrogens is 3. The maximum Gasteiger partial charge on any atom is 0.573 e. The number of ether oxygens (including phenoxy) is 1. The van der Waals surface area contributed by atoms with Crippen molar-refractivity contribution in [2.45, 2.75) is 32.0 Å². The van der Waals surface area contributed by atoms with E-state index in [1.165, 1.54) is 29.0 Å². The molecule has 1 aromatic carbocycles. The predicted octanol–water partition coefficient (Wildman–Crippen LogP) is 6.83. The summed E-state index contributed by atoms with van der Waals surface area (Å²) >= 11 is 5.92. The van der Waals surface area contributed by atoms with Gasteiger partial charge >= 0.3 is 18.6 Å². The highest BCUT2D eigenvalue weighted by Crippen LogP contribution is 2.39. The number of nitrogens with zero attached hydrogens (tertiary/aromatic N) is 4. The molecule has 0 saturated carbocycles. The average Bonchev–Trinajstić information content (AvgIpc) is 3.25. The summed E-state index contributed by atoms with van der Waals surface area (Å²) < 4.78 is 83.9. The lowest BCUT2D eigenvalue weighted by Crippen LogP contribution is -2.34. The maximum absolute atomic E-state index is 13.4. The minimum Gasteiger partial charge on any atom is -0.405 e. The van der Waals surface area contributed by atoms with Crippen molar-refractivity contribution in [2.75, 3.05) is 13.1 Å². The van der Waals surface area contributed by atoms with Crippen molar-refractivity contribution in [3.8, 4) is 5.75 Å². The molecule has 4 aromatic rings. The first-order valence-corrected chi connectivity index (χ1v) is 13.0. The highest BCUT2D eigenvalue weighted by atomic mass is 35.5. The van der Waals surface area contributed by atoms with E-state index in [1.807, 2.05) is 4.90 Å². The van der Waals surface area contributed by atoms with Crippen molar-refractivity contribution >= 4 is 34.6 Å². The van der Waals surface area contributed by atoms with Crippen LogP contribution >= 0.6 is 11.6 Å². The van der Waals surface area contributed by atoms with E-state index in [1.54, 1.807) is 30.4 Å². The number of alkyl halides is 6. The molecule has 0 aliphatic carbocycles. The first kappa shape index (κ1) is 29.4. The van der Waals surface area contributed by atoms with Crippen molar-refractivity contribution in [3.05, 3.63) is 94.2 Å². The molecule has 7 nitrogen and oxygen atoms in total. The largest absolute Gasteiger partial charge is 0.573 e. The van der Waals surface area contributed by atoms with Gasteiger partial charge in [0.1, 0.15) is 10.9 Å². The number of pyridine rings is 2. The predicted molar refractivity (Wildman–Crippen MR) is 143 cm³/mol. The number of benzene rings is 1. The standard InChI is InChI=1S/C28H22ClF6N5O2/c29-24-13-17(8-10-36-24)14-38-26(41)40-21-9-12-39(11-2-3-19-7-6-18(15-37-19)27(30,31)32)16-20(21)25-22(40)4-1-5-23(25)42-28(33,34)35/h1-8,10,13,15H,9,11-12,14,16H2,(H,38,41)/b3-2+. The minimum atomic E-state index is -4.95. The highest BCUT2D eigenvalue weighted by Gasteiger charge is 2.35. The molecule has 1 aliphatic rings. The van der Waals surface area contributed by atoms with Gasteiger partial charge in [-0.2, -0.15) is 13.2 Å². The minimum absolute atomic E-state index is 0.114. The van der Waals surface area contributed by atoms with E-state index in [4.69, 9.17) is 11.6 Å². The zero-order valence-electron chi connectivity index (χ0n) is 21.6. The van der Waals surface area contributed by atoms with E-state index in [-0.39, 0.29) is 29.1 Å². The van der Waals surface area contributed by atoms with Crippen LogP contribution in [0.2, 0.25) is 5.15 Å². The van der Waals surface area contributed by atoms with Crippen molar-refractivity contribution in [3.63, 3.8) is 0 Å². The topological polar surface area (TPSA) is 72.3 Å². The van der Waals surface area contributed by atoms with Gasteiger partial charge in [0.2, 0.25) is 0 Å². The van der Waals surface area contributed by atoms with Crippen molar-refractivity contribution in [1.29, 1.82) is 0 Å². The zero-order valence-corrected chi connectivity index (χ0v) is 22.4. The molecule has 1 amide bonds. The van der Waals surface area contributed by atoms with Crippen LogP contribution in [0, 0.1) is 0 Å². The molecule has 0 atom stereocenters. The number of carbonyl (C=O) groups excluding carboxylic acids is 1. The zero-order chi connectivity index (χ0) is 30.1. The summed E-state index contributed by atoms with van der Waals surface area (Å²) in [5.41, 5.74) is 1.49. The number of rotatable bonds is 6. The second-order valence-electron chi connectivity index (χ2n) is 9.46. The third-order valence-electron chi connectivity index (χ3n) is 6.64. The number of hydrogen-bond acceptors (Lipinski definition) is 5. The average molecular weight is 610 g/mol. The third kappa shape index (κ3) is 6.68. The molecular formula is C28H22ClF6N5O2. The third-order valence-corrected chi connectivity index (χ3v) is 6.85. The molecule has 14 heteroatoms. The first-order valence-electron chi connectivity index (χ1n) is 12.6. The fraction of sp³-hybridized carbons (Fsp3) is 0.250. The molecule has 3 aromatic heterocycles. The molecule has 0 saturated heterocycles. The van der Waals surface area contributed by atoms with Gasteiger partial charge in [0.05, 0.1) is 16.8 Å². The van der Waals surface area contributed by atoms with Crippen molar-refractivity contribution in [1.82, 2.24) is 24.8 Å². The molecule has 1 N–H and O–H groups in total. The van der Waals surface area contributed by atoms with E-state index < -0.39 is 29.9 Å². The molecule has 5 rings (SSSR count). The molecule has 220 valence electrons. The Hall–Kier alpha value is -4.10. The van der Waals surface area contributed by atoms with Gasteiger partial charge in [0, 0.05) is 56.1 Å².